The quantitative estimate of drug-likeness (QED) is 0.826. The molecule has 1 aromatic rings. The Morgan fingerprint density at radius 3 is 2.84 bits per heavy atom. The molecule has 0 spiro atoms. The van der Waals surface area contributed by atoms with E-state index in [0.29, 0.717) is 12.3 Å². The Morgan fingerprint density at radius 2 is 2.21 bits per heavy atom. The fraction of sp³-hybridized carbons (Fsp3) is 0.643. The SMILES string of the molecule is CCc1oc(C(=O)NCCN2CCNCC2)cc1C. The van der Waals surface area contributed by atoms with Gasteiger partial charge in [-0.1, -0.05) is 6.92 Å². The molecule has 5 heteroatoms. The van der Waals surface area contributed by atoms with Gasteiger partial charge in [0.25, 0.3) is 5.91 Å². The zero-order chi connectivity index (χ0) is 13.7. The highest BCUT2D eigenvalue weighted by molar-refractivity contribution is 5.91. The highest BCUT2D eigenvalue weighted by Gasteiger charge is 2.14. The molecule has 5 nitrogen and oxygen atoms in total. The molecule has 0 atom stereocenters. The normalized spacial score (nSPS) is 16.5. The lowest BCUT2D eigenvalue weighted by Crippen LogP contribution is -2.46. The molecule has 1 fully saturated rings. The Morgan fingerprint density at radius 1 is 1.47 bits per heavy atom. The summed E-state index contributed by atoms with van der Waals surface area (Å²) in [5, 5.41) is 6.23. The van der Waals surface area contributed by atoms with Gasteiger partial charge in [-0.15, -0.1) is 0 Å². The van der Waals surface area contributed by atoms with Crippen LogP contribution in [0.25, 0.3) is 0 Å². The minimum atomic E-state index is -0.113. The van der Waals surface area contributed by atoms with E-state index < -0.39 is 0 Å². The maximum atomic E-state index is 11.9. The maximum absolute atomic E-state index is 11.9. The monoisotopic (exact) mass is 265 g/mol. The molecule has 1 saturated heterocycles. The highest BCUT2D eigenvalue weighted by atomic mass is 16.4. The van der Waals surface area contributed by atoms with E-state index in [9.17, 15) is 4.79 Å². The van der Waals surface area contributed by atoms with Crippen LogP contribution in [-0.2, 0) is 6.42 Å². The molecule has 106 valence electrons. The van der Waals surface area contributed by atoms with E-state index in [0.717, 1.165) is 50.5 Å². The Hall–Kier alpha value is -1.33. The van der Waals surface area contributed by atoms with Crippen LogP contribution in [0, 0.1) is 6.92 Å². The van der Waals surface area contributed by atoms with Crippen molar-refractivity contribution in [1.29, 1.82) is 0 Å². The van der Waals surface area contributed by atoms with Crippen LogP contribution in [-0.4, -0.2) is 50.1 Å². The molecule has 1 aliphatic heterocycles. The summed E-state index contributed by atoms with van der Waals surface area (Å²) < 4.78 is 5.53. The lowest BCUT2D eigenvalue weighted by Gasteiger charge is -2.26. The second-order valence-corrected chi connectivity index (χ2v) is 4.92. The van der Waals surface area contributed by atoms with Crippen LogP contribution in [0.4, 0.5) is 0 Å². The molecule has 2 N–H and O–H groups in total. The summed E-state index contributed by atoms with van der Waals surface area (Å²) in [4.78, 5) is 14.3. The van der Waals surface area contributed by atoms with Gasteiger partial charge in [0.15, 0.2) is 5.76 Å². The number of nitrogens with one attached hydrogen (secondary N) is 2. The van der Waals surface area contributed by atoms with Crippen molar-refractivity contribution in [2.45, 2.75) is 20.3 Å². The summed E-state index contributed by atoms with van der Waals surface area (Å²) in [6.45, 7) is 9.73. The van der Waals surface area contributed by atoms with Gasteiger partial charge < -0.3 is 15.1 Å². The number of nitrogens with zero attached hydrogens (tertiary/aromatic N) is 1. The molecule has 2 rings (SSSR count). The fourth-order valence-electron chi connectivity index (χ4n) is 2.33. The number of hydrogen-bond donors (Lipinski definition) is 2. The molecule has 0 aromatic carbocycles. The first-order valence-electron chi connectivity index (χ1n) is 7.01. The average molecular weight is 265 g/mol. The second kappa shape index (κ2) is 6.73. The second-order valence-electron chi connectivity index (χ2n) is 4.92. The predicted octanol–water partition coefficient (Wildman–Crippen LogP) is 0.785. The minimum absolute atomic E-state index is 0.113. The molecule has 2 heterocycles. The van der Waals surface area contributed by atoms with Gasteiger partial charge in [-0.25, -0.2) is 0 Å². The summed E-state index contributed by atoms with van der Waals surface area (Å²) >= 11 is 0. The van der Waals surface area contributed by atoms with Crippen molar-refractivity contribution >= 4 is 5.91 Å². The molecule has 0 saturated carbocycles. The number of carbonyl (C=O) groups is 1. The zero-order valence-corrected chi connectivity index (χ0v) is 11.8. The number of aryl methyl sites for hydroxylation is 2. The largest absolute Gasteiger partial charge is 0.456 e. The first kappa shape index (κ1) is 14.1. The third-order valence-electron chi connectivity index (χ3n) is 3.49. The Kier molecular flexibility index (Phi) is 4.99. The standard InChI is InChI=1S/C14H23N3O2/c1-3-12-11(2)10-13(19-12)14(18)16-6-9-17-7-4-15-5-8-17/h10,15H,3-9H2,1-2H3,(H,16,18). The van der Waals surface area contributed by atoms with Crippen LogP contribution in [0.2, 0.25) is 0 Å². The van der Waals surface area contributed by atoms with Crippen molar-refractivity contribution in [1.82, 2.24) is 15.5 Å². The lowest BCUT2D eigenvalue weighted by atomic mass is 10.2. The van der Waals surface area contributed by atoms with E-state index in [4.69, 9.17) is 4.42 Å². The summed E-state index contributed by atoms with van der Waals surface area (Å²) in [6.07, 6.45) is 0.819. The topological polar surface area (TPSA) is 57.5 Å². The van der Waals surface area contributed by atoms with Gasteiger partial charge in [-0.3, -0.25) is 9.69 Å². The van der Waals surface area contributed by atoms with Crippen molar-refractivity contribution < 1.29 is 9.21 Å². The maximum Gasteiger partial charge on any atom is 0.287 e. The van der Waals surface area contributed by atoms with Crippen LogP contribution in [0.15, 0.2) is 10.5 Å². The van der Waals surface area contributed by atoms with E-state index in [1.807, 2.05) is 19.9 Å². The van der Waals surface area contributed by atoms with Crippen molar-refractivity contribution in [3.63, 3.8) is 0 Å². The first-order chi connectivity index (χ1) is 9.20. The first-order valence-corrected chi connectivity index (χ1v) is 7.01. The molecule has 0 radical (unpaired) electrons. The van der Waals surface area contributed by atoms with E-state index in [1.165, 1.54) is 0 Å². The number of carbonyl (C=O) groups excluding carboxylic acids is 1. The molecule has 1 aliphatic rings. The van der Waals surface area contributed by atoms with Crippen molar-refractivity contribution in [2.24, 2.45) is 0 Å². The lowest BCUT2D eigenvalue weighted by molar-refractivity contribution is 0.0918. The average Bonchev–Trinajstić information content (AvgIpc) is 2.81. The van der Waals surface area contributed by atoms with E-state index in [-0.39, 0.29) is 5.91 Å². The van der Waals surface area contributed by atoms with Crippen molar-refractivity contribution in [2.75, 3.05) is 39.3 Å². The Balaban J connectivity index is 1.77. The van der Waals surface area contributed by atoms with Crippen molar-refractivity contribution in [3.05, 3.63) is 23.2 Å². The van der Waals surface area contributed by atoms with E-state index in [1.54, 1.807) is 0 Å². The van der Waals surface area contributed by atoms with Gasteiger partial charge in [-0.05, 0) is 18.6 Å². The van der Waals surface area contributed by atoms with Crippen LogP contribution in [0.3, 0.4) is 0 Å². The molecule has 1 amide bonds. The van der Waals surface area contributed by atoms with Crippen LogP contribution >= 0.6 is 0 Å². The van der Waals surface area contributed by atoms with Gasteiger partial charge >= 0.3 is 0 Å². The molecular weight excluding hydrogens is 242 g/mol. The summed E-state index contributed by atoms with van der Waals surface area (Å²) in [5.74, 6) is 1.21. The number of amides is 1. The number of hydrogen-bond acceptors (Lipinski definition) is 4. The molecule has 0 unspecified atom stereocenters. The van der Waals surface area contributed by atoms with E-state index >= 15 is 0 Å². The molecule has 0 bridgehead atoms. The summed E-state index contributed by atoms with van der Waals surface area (Å²) in [6, 6.07) is 1.82. The number of rotatable bonds is 5. The number of furan rings is 1. The summed E-state index contributed by atoms with van der Waals surface area (Å²) in [5.41, 5.74) is 1.05. The van der Waals surface area contributed by atoms with Crippen LogP contribution in [0.1, 0.15) is 28.8 Å². The number of piperazine rings is 1. The predicted molar refractivity (Wildman–Crippen MR) is 74.5 cm³/mol. The third-order valence-corrected chi connectivity index (χ3v) is 3.49. The molecule has 0 aliphatic carbocycles. The smallest absolute Gasteiger partial charge is 0.287 e. The zero-order valence-electron chi connectivity index (χ0n) is 11.8. The molecule has 1 aromatic heterocycles. The van der Waals surface area contributed by atoms with Crippen molar-refractivity contribution in [3.8, 4) is 0 Å². The van der Waals surface area contributed by atoms with Gasteiger partial charge in [0.1, 0.15) is 5.76 Å². The van der Waals surface area contributed by atoms with E-state index in [2.05, 4.69) is 15.5 Å². The fourth-order valence-corrected chi connectivity index (χ4v) is 2.33. The Bertz CT molecular complexity index is 422. The van der Waals surface area contributed by atoms with Gasteiger partial charge in [0.2, 0.25) is 0 Å². The minimum Gasteiger partial charge on any atom is -0.456 e. The summed E-state index contributed by atoms with van der Waals surface area (Å²) in [7, 11) is 0. The highest BCUT2D eigenvalue weighted by Crippen LogP contribution is 2.14. The van der Waals surface area contributed by atoms with Gasteiger partial charge in [0, 0.05) is 45.7 Å². The molecule has 19 heavy (non-hydrogen) atoms. The van der Waals surface area contributed by atoms with Gasteiger partial charge in [-0.2, -0.15) is 0 Å². The van der Waals surface area contributed by atoms with Gasteiger partial charge in [0.05, 0.1) is 0 Å². The van der Waals surface area contributed by atoms with Crippen LogP contribution < -0.4 is 10.6 Å². The third kappa shape index (κ3) is 3.81. The Labute approximate surface area is 114 Å². The van der Waals surface area contributed by atoms with Crippen LogP contribution in [0.5, 0.6) is 0 Å². The molecular formula is C14H23N3O2.